The van der Waals surface area contributed by atoms with Gasteiger partial charge in [0.05, 0.1) is 17.4 Å². The molecule has 1 unspecified atom stereocenters. The largest absolute Gasteiger partial charge is 0.640 e. The summed E-state index contributed by atoms with van der Waals surface area (Å²) in [4.78, 5) is 24.6. The summed E-state index contributed by atoms with van der Waals surface area (Å²) in [5, 5.41) is 3.14. The summed E-state index contributed by atoms with van der Waals surface area (Å²) in [5.41, 5.74) is -3.33. The van der Waals surface area contributed by atoms with Gasteiger partial charge in [0.2, 0.25) is 5.75 Å². The Morgan fingerprint density at radius 2 is 1.72 bits per heavy atom. The van der Waals surface area contributed by atoms with Crippen molar-refractivity contribution >= 4 is 47.1 Å². The molecule has 0 saturated carbocycles. The summed E-state index contributed by atoms with van der Waals surface area (Å²) in [6, 6.07) is 20.4. The average molecular weight is 573 g/mol. The quantitative estimate of drug-likeness (QED) is 0.147. The highest BCUT2D eigenvalue weighted by atomic mass is 32.1. The topological polar surface area (TPSA) is 90.9 Å². The third kappa shape index (κ3) is 7.16. The molecule has 39 heavy (non-hydrogen) atoms. The number of anilines is 1. The molecule has 0 spiro atoms. The first-order valence-corrected chi connectivity index (χ1v) is 13.9. The Labute approximate surface area is 228 Å². The van der Waals surface area contributed by atoms with Gasteiger partial charge in [0.1, 0.15) is 18.0 Å². The van der Waals surface area contributed by atoms with E-state index in [9.17, 15) is 14.2 Å². The zero-order valence-corrected chi connectivity index (χ0v) is 22.8. The van der Waals surface area contributed by atoms with Crippen LogP contribution >= 0.6 is 19.4 Å². The minimum atomic E-state index is -3.84. The molecule has 1 N–H and O–H groups in total. The van der Waals surface area contributed by atoms with Crippen molar-refractivity contribution in [1.82, 2.24) is 0 Å². The van der Waals surface area contributed by atoms with Gasteiger partial charge in [-0.2, -0.15) is 0 Å². The highest BCUT2D eigenvalue weighted by Crippen LogP contribution is 2.52. The van der Waals surface area contributed by atoms with Crippen molar-refractivity contribution in [2.24, 2.45) is 0 Å². The minimum Gasteiger partial charge on any atom is -0.462 e. The van der Waals surface area contributed by atoms with Gasteiger partial charge in [-0.3, -0.25) is 4.79 Å². The smallest absolute Gasteiger partial charge is 0.462 e. The van der Waals surface area contributed by atoms with Crippen molar-refractivity contribution in [2.45, 2.75) is 32.2 Å². The summed E-state index contributed by atoms with van der Waals surface area (Å²) in [6.07, 6.45) is -0.310. The summed E-state index contributed by atoms with van der Waals surface area (Å²) < 4.78 is 59.3. The van der Waals surface area contributed by atoms with Gasteiger partial charge in [-0.1, -0.05) is 42.5 Å². The maximum absolute atomic E-state index is 15.2. The molecule has 0 amide bonds. The van der Waals surface area contributed by atoms with E-state index in [2.05, 4.69) is 5.32 Å². The number of ether oxygens (including phenoxy) is 2. The summed E-state index contributed by atoms with van der Waals surface area (Å²) >= 11 is 1.11. The first kappa shape index (κ1) is 28.1. The molecule has 3 aromatic carbocycles. The summed E-state index contributed by atoms with van der Waals surface area (Å²) in [7, 11) is -3.55. The molecule has 1 aromatic heterocycles. The number of fused-ring (bicyclic) bond motifs is 1. The molecular formula is C28H25F2NO6PS+. The van der Waals surface area contributed by atoms with Crippen LogP contribution in [-0.2, 0) is 31.1 Å². The fourth-order valence-corrected chi connectivity index (χ4v) is 5.28. The first-order valence-electron chi connectivity index (χ1n) is 11.9. The van der Waals surface area contributed by atoms with Crippen LogP contribution in [0.4, 0.5) is 14.5 Å². The van der Waals surface area contributed by atoms with Crippen molar-refractivity contribution in [2.75, 3.05) is 11.9 Å². The highest BCUT2D eigenvalue weighted by molar-refractivity contribution is 7.40. The minimum absolute atomic E-state index is 0.0876. The normalized spacial score (nSPS) is 11.8. The van der Waals surface area contributed by atoms with Crippen LogP contribution < -0.4 is 9.84 Å². The van der Waals surface area contributed by atoms with E-state index in [0.717, 1.165) is 23.0 Å². The molecular weight excluding hydrogens is 547 g/mol. The fraction of sp³-hybridized carbons (Fsp3) is 0.214. The summed E-state index contributed by atoms with van der Waals surface area (Å²) in [6.45, 7) is 3.27. The number of rotatable bonds is 11. The Hall–Kier alpha value is -3.88. The Morgan fingerprint density at radius 3 is 2.46 bits per heavy atom. The molecule has 202 valence electrons. The van der Waals surface area contributed by atoms with E-state index in [0.29, 0.717) is 10.1 Å². The summed E-state index contributed by atoms with van der Waals surface area (Å²) in [5.74, 6) is -1.21. The number of para-hydroxylation sites is 2. The van der Waals surface area contributed by atoms with Crippen molar-refractivity contribution in [3.8, 4) is 5.75 Å². The van der Waals surface area contributed by atoms with Crippen molar-refractivity contribution in [1.29, 1.82) is 0 Å². The average Bonchev–Trinajstić information content (AvgIpc) is 3.35. The second-order valence-electron chi connectivity index (χ2n) is 8.70. The number of halogens is 2. The molecule has 4 rings (SSSR count). The van der Waals surface area contributed by atoms with E-state index in [-0.39, 0.29) is 35.6 Å². The molecule has 0 fully saturated rings. The number of carbonyl (C=O) groups excluding carboxylic acids is 2. The standard InChI is InChI=1S/C28H25F2NO6PS/c1-18(2)36-26(32)16-31-22-10-6-7-11-23(22)37-38(34)28(29,30)21-12-13-24-20(14-21)15-25(39-24)27(33)35-17-19-8-4-3-5-9-19/h3-15,18,31H,16-17H2,1-2H3/q+1. The Bertz CT molecular complexity index is 1490. The predicted octanol–water partition coefficient (Wildman–Crippen LogP) is 7.49. The van der Waals surface area contributed by atoms with E-state index < -0.39 is 31.2 Å². The zero-order valence-electron chi connectivity index (χ0n) is 21.1. The van der Waals surface area contributed by atoms with Crippen LogP contribution in [0, 0.1) is 0 Å². The number of benzene rings is 3. The lowest BCUT2D eigenvalue weighted by molar-refractivity contribution is -0.145. The van der Waals surface area contributed by atoms with Crippen LogP contribution in [0.1, 0.15) is 34.6 Å². The van der Waals surface area contributed by atoms with Crippen molar-refractivity contribution < 1.29 is 36.9 Å². The second-order valence-corrected chi connectivity index (χ2v) is 11.0. The Kier molecular flexibility index (Phi) is 8.89. The molecule has 1 heterocycles. The first-order chi connectivity index (χ1) is 18.6. The molecule has 7 nitrogen and oxygen atoms in total. The molecule has 0 aliphatic heterocycles. The van der Waals surface area contributed by atoms with Crippen molar-refractivity contribution in [3.05, 3.63) is 94.9 Å². The second kappa shape index (κ2) is 12.3. The maximum Gasteiger partial charge on any atom is 0.640 e. The molecule has 0 aliphatic rings. The molecule has 1 atom stereocenters. The SMILES string of the molecule is CC(C)OC(=O)CNc1ccccc1O[P+](=O)C(F)(F)c1ccc2sc(C(=O)OCc3ccccc3)cc2c1. The Balaban J connectivity index is 1.46. The van der Waals surface area contributed by atoms with Crippen LogP contribution in [0.25, 0.3) is 10.1 Å². The van der Waals surface area contributed by atoms with Crippen LogP contribution in [0.15, 0.2) is 78.9 Å². The van der Waals surface area contributed by atoms with Crippen LogP contribution in [-0.4, -0.2) is 24.6 Å². The molecule has 0 saturated heterocycles. The number of carbonyl (C=O) groups is 2. The third-order valence-electron chi connectivity index (χ3n) is 5.37. The van der Waals surface area contributed by atoms with Gasteiger partial charge in [0.25, 0.3) is 0 Å². The zero-order chi connectivity index (χ0) is 28.0. The maximum atomic E-state index is 15.2. The monoisotopic (exact) mass is 572 g/mol. The molecule has 4 aromatic rings. The molecule has 11 heteroatoms. The predicted molar refractivity (Wildman–Crippen MR) is 146 cm³/mol. The molecule has 0 aliphatic carbocycles. The lowest BCUT2D eigenvalue weighted by Crippen LogP contribution is -2.20. The number of hydrogen-bond acceptors (Lipinski definition) is 8. The van der Waals surface area contributed by atoms with Gasteiger partial charge in [0.15, 0.2) is 0 Å². The van der Waals surface area contributed by atoms with Crippen LogP contribution in [0.5, 0.6) is 5.75 Å². The number of esters is 2. The van der Waals surface area contributed by atoms with Gasteiger partial charge in [0, 0.05) is 4.70 Å². The lowest BCUT2D eigenvalue weighted by atomic mass is 10.1. The Morgan fingerprint density at radius 1 is 1.00 bits per heavy atom. The third-order valence-corrected chi connectivity index (χ3v) is 7.54. The van der Waals surface area contributed by atoms with Gasteiger partial charge < -0.3 is 14.8 Å². The number of nitrogens with one attached hydrogen (secondary N) is 1. The molecule has 0 radical (unpaired) electrons. The van der Waals surface area contributed by atoms with E-state index in [1.54, 1.807) is 19.9 Å². The van der Waals surface area contributed by atoms with E-state index in [1.807, 2.05) is 30.3 Å². The number of alkyl halides is 2. The highest BCUT2D eigenvalue weighted by Gasteiger charge is 2.57. The van der Waals surface area contributed by atoms with E-state index >= 15 is 8.78 Å². The van der Waals surface area contributed by atoms with E-state index in [1.165, 1.54) is 36.4 Å². The van der Waals surface area contributed by atoms with Crippen molar-refractivity contribution in [3.63, 3.8) is 0 Å². The van der Waals surface area contributed by atoms with Crippen LogP contribution in [0.3, 0.4) is 0 Å². The lowest BCUT2D eigenvalue weighted by Gasteiger charge is -2.11. The number of thiophene rings is 1. The van der Waals surface area contributed by atoms with Gasteiger partial charge in [-0.15, -0.1) is 20.1 Å². The van der Waals surface area contributed by atoms with Gasteiger partial charge in [-0.05, 0) is 65.8 Å². The van der Waals surface area contributed by atoms with Crippen LogP contribution in [0.2, 0.25) is 0 Å². The number of hydrogen-bond donors (Lipinski definition) is 1. The van der Waals surface area contributed by atoms with Gasteiger partial charge in [-0.25, -0.2) is 9.32 Å². The van der Waals surface area contributed by atoms with E-state index in [4.69, 9.17) is 14.0 Å². The van der Waals surface area contributed by atoms with Gasteiger partial charge >= 0.3 is 25.6 Å². The fourth-order valence-electron chi connectivity index (χ4n) is 3.54. The molecule has 0 bridgehead atoms.